The molecule has 4 rings (SSSR count). The molecule has 0 bridgehead atoms. The number of carbonyl (C=O) groups is 2. The Morgan fingerprint density at radius 3 is 2.55 bits per heavy atom. The lowest BCUT2D eigenvalue weighted by Gasteiger charge is -2.16. The van der Waals surface area contributed by atoms with Gasteiger partial charge in [-0.15, -0.1) is 0 Å². The number of anilines is 1. The van der Waals surface area contributed by atoms with E-state index >= 15 is 0 Å². The molecule has 0 radical (unpaired) electrons. The number of rotatable bonds is 11. The molecule has 6 nitrogen and oxygen atoms in total. The first kappa shape index (κ1) is 26.7. The van der Waals surface area contributed by atoms with Crippen LogP contribution in [0.25, 0.3) is 16.5 Å². The van der Waals surface area contributed by atoms with Gasteiger partial charge < -0.3 is 19.4 Å². The zero-order valence-electron chi connectivity index (χ0n) is 22.1. The standard InChI is InChI=1S/C32H34N2O4/c1-4-37-32(36)15-10-20-38-30-14-9-8-13-28(30)33-31(35)21-23(2)26-16-17-29-27(22-26)18-19-34(29)24(3)25-11-6-5-7-12-25/h5-9,11-14,16-19,21-22,24H,4,10,15,20H2,1-3H3,(H,33,35)/b23-21+. The molecule has 1 heterocycles. The van der Waals surface area contributed by atoms with E-state index < -0.39 is 0 Å². The number of amides is 1. The third kappa shape index (κ3) is 6.71. The monoisotopic (exact) mass is 510 g/mol. The van der Waals surface area contributed by atoms with Crippen LogP contribution in [0.1, 0.15) is 50.8 Å². The van der Waals surface area contributed by atoms with Gasteiger partial charge in [0, 0.05) is 29.6 Å². The number of hydrogen-bond acceptors (Lipinski definition) is 4. The number of nitrogens with zero attached hydrogens (tertiary/aromatic N) is 1. The number of ether oxygens (including phenoxy) is 2. The Labute approximate surface area is 223 Å². The Kier molecular flexibility index (Phi) is 8.98. The van der Waals surface area contributed by atoms with Crippen LogP contribution in [-0.4, -0.2) is 29.7 Å². The third-order valence-corrected chi connectivity index (χ3v) is 6.46. The minimum atomic E-state index is -0.237. The lowest BCUT2D eigenvalue weighted by Crippen LogP contribution is -2.11. The van der Waals surface area contributed by atoms with Gasteiger partial charge in [-0.1, -0.05) is 48.5 Å². The fraction of sp³-hybridized carbons (Fsp3) is 0.250. The van der Waals surface area contributed by atoms with Crippen LogP contribution in [0.4, 0.5) is 5.69 Å². The highest BCUT2D eigenvalue weighted by atomic mass is 16.5. The predicted molar refractivity (Wildman–Crippen MR) is 152 cm³/mol. The normalized spacial score (nSPS) is 12.2. The maximum Gasteiger partial charge on any atom is 0.305 e. The van der Waals surface area contributed by atoms with Crippen molar-refractivity contribution in [3.8, 4) is 5.75 Å². The van der Waals surface area contributed by atoms with Crippen molar-refractivity contribution in [2.75, 3.05) is 18.5 Å². The molecule has 0 fully saturated rings. The molecule has 38 heavy (non-hydrogen) atoms. The molecule has 1 aromatic heterocycles. The quantitative estimate of drug-likeness (QED) is 0.134. The highest BCUT2D eigenvalue weighted by Crippen LogP contribution is 2.28. The number of benzene rings is 3. The van der Waals surface area contributed by atoms with Crippen LogP contribution < -0.4 is 10.1 Å². The number of nitrogens with one attached hydrogen (secondary N) is 1. The summed E-state index contributed by atoms with van der Waals surface area (Å²) in [5, 5.41) is 4.04. The van der Waals surface area contributed by atoms with E-state index in [-0.39, 0.29) is 17.9 Å². The highest BCUT2D eigenvalue weighted by Gasteiger charge is 2.12. The van der Waals surface area contributed by atoms with Gasteiger partial charge in [-0.2, -0.15) is 0 Å². The summed E-state index contributed by atoms with van der Waals surface area (Å²) < 4.78 is 13.0. The topological polar surface area (TPSA) is 69.6 Å². The van der Waals surface area contributed by atoms with Crippen molar-refractivity contribution in [2.45, 2.75) is 39.7 Å². The summed E-state index contributed by atoms with van der Waals surface area (Å²) in [6.45, 7) is 6.63. The summed E-state index contributed by atoms with van der Waals surface area (Å²) >= 11 is 0. The van der Waals surface area contributed by atoms with E-state index in [4.69, 9.17) is 9.47 Å². The molecule has 0 aliphatic heterocycles. The SMILES string of the molecule is CCOC(=O)CCCOc1ccccc1NC(=O)/C=C(\C)c1ccc2c(ccn2C(C)c2ccccc2)c1. The second kappa shape index (κ2) is 12.8. The molecule has 1 N–H and O–H groups in total. The summed E-state index contributed by atoms with van der Waals surface area (Å²) in [7, 11) is 0. The summed E-state index contributed by atoms with van der Waals surface area (Å²) in [6, 6.07) is 26.3. The van der Waals surface area contributed by atoms with Gasteiger partial charge >= 0.3 is 5.97 Å². The predicted octanol–water partition coefficient (Wildman–Crippen LogP) is 7.01. The van der Waals surface area contributed by atoms with Crippen molar-refractivity contribution < 1.29 is 19.1 Å². The van der Waals surface area contributed by atoms with Crippen LogP contribution in [0.5, 0.6) is 5.75 Å². The molecule has 196 valence electrons. The van der Waals surface area contributed by atoms with E-state index in [1.165, 1.54) is 5.56 Å². The smallest absolute Gasteiger partial charge is 0.305 e. The fourth-order valence-electron chi connectivity index (χ4n) is 4.42. The molecule has 3 aromatic carbocycles. The van der Waals surface area contributed by atoms with Crippen LogP contribution in [0.2, 0.25) is 0 Å². The molecule has 1 atom stereocenters. The molecule has 0 spiro atoms. The largest absolute Gasteiger partial charge is 0.491 e. The van der Waals surface area contributed by atoms with Crippen molar-refractivity contribution >= 4 is 34.0 Å². The zero-order valence-corrected chi connectivity index (χ0v) is 22.1. The lowest BCUT2D eigenvalue weighted by atomic mass is 10.0. The summed E-state index contributed by atoms with van der Waals surface area (Å²) in [6.07, 6.45) is 4.54. The average Bonchev–Trinajstić information content (AvgIpc) is 3.35. The summed E-state index contributed by atoms with van der Waals surface area (Å²) in [4.78, 5) is 24.4. The van der Waals surface area contributed by atoms with Gasteiger partial charge in [-0.05, 0) is 74.2 Å². The van der Waals surface area contributed by atoms with E-state index in [1.54, 1.807) is 25.1 Å². The zero-order chi connectivity index (χ0) is 26.9. The van der Waals surface area contributed by atoms with Crippen molar-refractivity contribution in [2.24, 2.45) is 0 Å². The Morgan fingerprint density at radius 1 is 1.00 bits per heavy atom. The molecule has 4 aromatic rings. The van der Waals surface area contributed by atoms with Crippen LogP contribution in [0.3, 0.4) is 0 Å². The number of allylic oxidation sites excluding steroid dienone is 1. The van der Waals surface area contributed by atoms with Crippen molar-refractivity contribution in [1.29, 1.82) is 0 Å². The molecule has 0 saturated carbocycles. The second-order valence-electron chi connectivity index (χ2n) is 9.15. The van der Waals surface area contributed by atoms with Crippen LogP contribution in [0, 0.1) is 0 Å². The van der Waals surface area contributed by atoms with Gasteiger partial charge in [0.05, 0.1) is 24.9 Å². The highest BCUT2D eigenvalue weighted by molar-refractivity contribution is 6.04. The maximum absolute atomic E-state index is 12.8. The van der Waals surface area contributed by atoms with Gasteiger partial charge in [0.1, 0.15) is 5.75 Å². The van der Waals surface area contributed by atoms with E-state index in [0.717, 1.165) is 22.0 Å². The Bertz CT molecular complexity index is 1420. The fourth-order valence-corrected chi connectivity index (χ4v) is 4.42. The number of carbonyl (C=O) groups excluding carboxylic acids is 2. The summed E-state index contributed by atoms with van der Waals surface area (Å²) in [5.74, 6) is 0.0882. The first-order valence-corrected chi connectivity index (χ1v) is 13.0. The Morgan fingerprint density at radius 2 is 1.76 bits per heavy atom. The molecule has 1 amide bonds. The average molecular weight is 511 g/mol. The first-order chi connectivity index (χ1) is 18.5. The van der Waals surface area contributed by atoms with Crippen LogP contribution >= 0.6 is 0 Å². The molecular weight excluding hydrogens is 476 g/mol. The van der Waals surface area contributed by atoms with Gasteiger partial charge in [-0.3, -0.25) is 9.59 Å². The number of aromatic nitrogens is 1. The van der Waals surface area contributed by atoms with E-state index in [2.05, 4.69) is 71.5 Å². The number of para-hydroxylation sites is 2. The number of hydrogen-bond donors (Lipinski definition) is 1. The van der Waals surface area contributed by atoms with Gasteiger partial charge in [0.25, 0.3) is 0 Å². The van der Waals surface area contributed by atoms with Gasteiger partial charge in [0.15, 0.2) is 0 Å². The molecular formula is C32H34N2O4. The van der Waals surface area contributed by atoms with Gasteiger partial charge in [0.2, 0.25) is 5.91 Å². The molecule has 0 aliphatic carbocycles. The first-order valence-electron chi connectivity index (χ1n) is 13.0. The molecule has 0 aliphatic rings. The van der Waals surface area contributed by atoms with Crippen molar-refractivity contribution in [1.82, 2.24) is 4.57 Å². The minimum absolute atomic E-state index is 0.217. The van der Waals surface area contributed by atoms with E-state index in [9.17, 15) is 9.59 Å². The summed E-state index contributed by atoms with van der Waals surface area (Å²) in [5.41, 5.74) is 4.84. The molecule has 6 heteroatoms. The van der Waals surface area contributed by atoms with Crippen molar-refractivity contribution in [3.05, 3.63) is 102 Å². The van der Waals surface area contributed by atoms with E-state index in [0.29, 0.717) is 37.5 Å². The Hall–Kier alpha value is -4.32. The van der Waals surface area contributed by atoms with E-state index in [1.807, 2.05) is 25.1 Å². The lowest BCUT2D eigenvalue weighted by molar-refractivity contribution is -0.143. The molecule has 0 saturated heterocycles. The minimum Gasteiger partial charge on any atom is -0.491 e. The van der Waals surface area contributed by atoms with Crippen LogP contribution in [-0.2, 0) is 14.3 Å². The Balaban J connectivity index is 1.41. The number of esters is 1. The third-order valence-electron chi connectivity index (χ3n) is 6.46. The van der Waals surface area contributed by atoms with Crippen LogP contribution in [0.15, 0.2) is 91.1 Å². The number of fused-ring (bicyclic) bond motifs is 1. The molecule has 1 unspecified atom stereocenters. The van der Waals surface area contributed by atoms with Gasteiger partial charge in [-0.25, -0.2) is 0 Å². The second-order valence-corrected chi connectivity index (χ2v) is 9.15. The maximum atomic E-state index is 12.8. The van der Waals surface area contributed by atoms with Crippen molar-refractivity contribution in [3.63, 3.8) is 0 Å².